The molecule has 0 fully saturated rings. The van der Waals surface area contributed by atoms with Gasteiger partial charge in [-0.15, -0.1) is 0 Å². The van der Waals surface area contributed by atoms with Crippen molar-refractivity contribution in [1.29, 1.82) is 0 Å². The molecule has 0 heterocycles. The predicted molar refractivity (Wildman–Crippen MR) is 56.8 cm³/mol. The van der Waals surface area contributed by atoms with Crippen LogP contribution in [0.4, 0.5) is 0 Å². The highest BCUT2D eigenvalue weighted by atomic mass is 127. The molecule has 0 radical (unpaired) electrons. The molecule has 52 valence electrons. The monoisotopic (exact) mass is 244 g/mol. The van der Waals surface area contributed by atoms with E-state index in [1.54, 1.807) is 0 Å². The minimum Gasteiger partial charge on any atom is -0.0848 e. The minimum absolute atomic E-state index is 1.35. The zero-order valence-electron chi connectivity index (χ0n) is 6.53. The summed E-state index contributed by atoms with van der Waals surface area (Å²) in [6.07, 6.45) is 0. The normalized spacial score (nSPS) is 9.90. The topological polar surface area (TPSA) is 0 Å². The van der Waals surface area contributed by atoms with Gasteiger partial charge in [0.25, 0.3) is 0 Å². The molecule has 0 bridgehead atoms. The van der Waals surface area contributed by atoms with Crippen LogP contribution in [0.3, 0.4) is 0 Å². The first-order valence-corrected chi connectivity index (χ1v) is 4.42. The molecule has 0 aromatic heterocycles. The first-order chi connectivity index (χ1) is 4.61. The molecule has 2 heteroatoms. The fourth-order valence-electron chi connectivity index (χ4n) is 0.988. The van der Waals surface area contributed by atoms with Crippen LogP contribution in [0.25, 0.3) is 0 Å². The van der Waals surface area contributed by atoms with Crippen LogP contribution in [0.2, 0.25) is 0 Å². The number of rotatable bonds is 0. The molecule has 0 spiro atoms. The average molecular weight is 244 g/mol. The second-order valence-corrected chi connectivity index (χ2v) is 3.85. The largest absolute Gasteiger partial charge is 0.139 e. The summed E-state index contributed by atoms with van der Waals surface area (Å²) in [5, 5.41) is 0. The molecule has 1 aromatic rings. The lowest BCUT2D eigenvalue weighted by molar-refractivity contribution is 1.39. The molecule has 1 rings (SSSR count). The molecule has 0 saturated heterocycles. The maximum Gasteiger partial charge on any atom is 0.139 e. The fraction of sp³-hybridized carbons (Fsp3) is 0.250. The summed E-state index contributed by atoms with van der Waals surface area (Å²) in [6.45, 7) is 4.30. The van der Waals surface area contributed by atoms with E-state index < -0.39 is 0 Å². The quantitative estimate of drug-likeness (QED) is 0.474. The molecule has 0 aliphatic heterocycles. The Morgan fingerprint density at radius 1 is 1.30 bits per heavy atom. The van der Waals surface area contributed by atoms with Gasteiger partial charge in [-0.25, -0.2) is 0 Å². The highest BCUT2D eigenvalue weighted by Crippen LogP contribution is 2.09. The van der Waals surface area contributed by atoms with E-state index in [-0.39, 0.29) is 0 Å². The van der Waals surface area contributed by atoms with E-state index in [0.717, 1.165) is 0 Å². The summed E-state index contributed by atoms with van der Waals surface area (Å²) in [4.78, 5) is 0. The summed E-state index contributed by atoms with van der Waals surface area (Å²) < 4.78 is 1.37. The van der Waals surface area contributed by atoms with Gasteiger partial charge in [-0.2, -0.15) is 0 Å². The van der Waals surface area contributed by atoms with E-state index in [0.29, 0.717) is 0 Å². The molecule has 10 heavy (non-hydrogen) atoms. The second-order valence-electron chi connectivity index (χ2n) is 2.69. The van der Waals surface area contributed by atoms with Crippen molar-refractivity contribution >= 4 is 35.9 Å². The Labute approximate surface area is 76.6 Å². The standard InChI is InChI=1S/C8H10BI/c1-5-3-7(9)6(2)8(10)4-5/h3-4H,9H2,1-2H3. The van der Waals surface area contributed by atoms with Gasteiger partial charge >= 0.3 is 0 Å². The van der Waals surface area contributed by atoms with Gasteiger partial charge in [-0.1, -0.05) is 17.1 Å². The van der Waals surface area contributed by atoms with Crippen LogP contribution in [0, 0.1) is 17.4 Å². The van der Waals surface area contributed by atoms with Gasteiger partial charge in [0.2, 0.25) is 0 Å². The maximum absolute atomic E-state index is 2.38. The minimum atomic E-state index is 1.35. The van der Waals surface area contributed by atoms with Crippen LogP contribution >= 0.6 is 22.6 Å². The fourth-order valence-corrected chi connectivity index (χ4v) is 1.90. The van der Waals surface area contributed by atoms with Crippen LogP contribution in [-0.2, 0) is 0 Å². The Kier molecular flexibility index (Phi) is 2.39. The van der Waals surface area contributed by atoms with Crippen LogP contribution < -0.4 is 5.46 Å². The van der Waals surface area contributed by atoms with Crippen molar-refractivity contribution in [2.45, 2.75) is 13.8 Å². The Morgan fingerprint density at radius 3 is 2.40 bits per heavy atom. The summed E-state index contributed by atoms with van der Waals surface area (Å²) in [7, 11) is 2.16. The molecular formula is C8H10BI. The van der Waals surface area contributed by atoms with Crippen LogP contribution in [0.15, 0.2) is 12.1 Å². The molecular weight excluding hydrogens is 234 g/mol. The molecule has 0 atom stereocenters. The van der Waals surface area contributed by atoms with Crippen molar-refractivity contribution in [3.05, 3.63) is 26.8 Å². The van der Waals surface area contributed by atoms with Crippen molar-refractivity contribution in [3.8, 4) is 0 Å². The van der Waals surface area contributed by atoms with Gasteiger partial charge in [0.1, 0.15) is 7.85 Å². The summed E-state index contributed by atoms with van der Waals surface area (Å²) in [6, 6.07) is 4.43. The summed E-state index contributed by atoms with van der Waals surface area (Å²) >= 11 is 2.38. The molecule has 0 amide bonds. The number of hydrogen-bond donors (Lipinski definition) is 0. The Hall–Kier alpha value is 0.0149. The van der Waals surface area contributed by atoms with Crippen LogP contribution in [0.5, 0.6) is 0 Å². The Bertz CT molecular complexity index is 232. The third kappa shape index (κ3) is 1.54. The van der Waals surface area contributed by atoms with Crippen molar-refractivity contribution < 1.29 is 0 Å². The molecule has 1 aromatic carbocycles. The highest BCUT2D eigenvalue weighted by Gasteiger charge is 1.97. The van der Waals surface area contributed by atoms with Gasteiger partial charge in [0.05, 0.1) is 0 Å². The Morgan fingerprint density at radius 2 is 1.90 bits per heavy atom. The van der Waals surface area contributed by atoms with Crippen molar-refractivity contribution in [2.24, 2.45) is 0 Å². The second kappa shape index (κ2) is 2.95. The molecule has 0 aliphatic carbocycles. The van der Waals surface area contributed by atoms with Crippen LogP contribution in [0.1, 0.15) is 11.1 Å². The molecule has 0 nitrogen and oxygen atoms in total. The van der Waals surface area contributed by atoms with Gasteiger partial charge in [0, 0.05) is 3.57 Å². The smallest absolute Gasteiger partial charge is 0.0848 e. The molecule has 0 N–H and O–H groups in total. The van der Waals surface area contributed by atoms with Gasteiger partial charge in [-0.3, -0.25) is 0 Å². The van der Waals surface area contributed by atoms with Gasteiger partial charge in [0.15, 0.2) is 0 Å². The van der Waals surface area contributed by atoms with E-state index in [2.05, 4.69) is 56.4 Å². The lowest BCUT2D eigenvalue weighted by Gasteiger charge is -2.03. The highest BCUT2D eigenvalue weighted by molar-refractivity contribution is 14.1. The van der Waals surface area contributed by atoms with Crippen molar-refractivity contribution in [2.75, 3.05) is 0 Å². The van der Waals surface area contributed by atoms with E-state index in [1.807, 2.05) is 0 Å². The van der Waals surface area contributed by atoms with E-state index >= 15 is 0 Å². The maximum atomic E-state index is 2.38. The zero-order chi connectivity index (χ0) is 7.72. The first kappa shape index (κ1) is 8.11. The number of halogens is 1. The van der Waals surface area contributed by atoms with Crippen molar-refractivity contribution in [3.63, 3.8) is 0 Å². The lowest BCUT2D eigenvalue weighted by Crippen LogP contribution is -2.09. The SMILES string of the molecule is Bc1cc(C)cc(I)c1C. The summed E-state index contributed by atoms with van der Waals surface area (Å²) in [5.41, 5.74) is 4.16. The van der Waals surface area contributed by atoms with Crippen LogP contribution in [-0.4, -0.2) is 7.85 Å². The van der Waals surface area contributed by atoms with Gasteiger partial charge in [-0.05, 0) is 48.1 Å². The predicted octanol–water partition coefficient (Wildman–Crippen LogP) is 1.17. The number of benzene rings is 1. The third-order valence-corrected chi connectivity index (χ3v) is 2.87. The Balaban J connectivity index is 3.31. The zero-order valence-corrected chi connectivity index (χ0v) is 8.69. The number of hydrogen-bond acceptors (Lipinski definition) is 0. The lowest BCUT2D eigenvalue weighted by atomic mass is 9.90. The first-order valence-electron chi connectivity index (χ1n) is 3.34. The third-order valence-electron chi connectivity index (χ3n) is 1.75. The summed E-state index contributed by atoms with van der Waals surface area (Å²) in [5.74, 6) is 0. The number of aryl methyl sites for hydroxylation is 1. The molecule has 0 unspecified atom stereocenters. The molecule has 0 aliphatic rings. The van der Waals surface area contributed by atoms with Gasteiger partial charge < -0.3 is 0 Å². The van der Waals surface area contributed by atoms with E-state index in [9.17, 15) is 0 Å². The average Bonchev–Trinajstić information content (AvgIpc) is 1.82. The van der Waals surface area contributed by atoms with E-state index in [4.69, 9.17) is 0 Å². The van der Waals surface area contributed by atoms with E-state index in [1.165, 1.54) is 20.2 Å². The molecule has 0 saturated carbocycles. The van der Waals surface area contributed by atoms with Crippen molar-refractivity contribution in [1.82, 2.24) is 0 Å².